The summed E-state index contributed by atoms with van der Waals surface area (Å²) in [6, 6.07) is 16.7. The van der Waals surface area contributed by atoms with Crippen LogP contribution in [0.1, 0.15) is 30.9 Å². The van der Waals surface area contributed by atoms with Crippen molar-refractivity contribution in [2.75, 3.05) is 23.8 Å². The molecule has 0 unspecified atom stereocenters. The van der Waals surface area contributed by atoms with Crippen LogP contribution < -0.4 is 16.0 Å². The van der Waals surface area contributed by atoms with Gasteiger partial charge in [-0.25, -0.2) is 14.3 Å². The number of rotatable bonds is 8. The largest absolute Gasteiger partial charge is 0.448 e. The van der Waals surface area contributed by atoms with Gasteiger partial charge in [0, 0.05) is 22.7 Å². The van der Waals surface area contributed by atoms with Gasteiger partial charge in [0.2, 0.25) is 0 Å². The number of ether oxygens (including phenoxy) is 1. The number of carbonyl (C=O) groups excluding carboxylic acids is 1. The molecule has 38 heavy (non-hydrogen) atoms. The Bertz CT molecular complexity index is 1570. The van der Waals surface area contributed by atoms with Crippen LogP contribution in [0.15, 0.2) is 67.3 Å². The lowest BCUT2D eigenvalue weighted by Crippen LogP contribution is -2.29. The Hall–Kier alpha value is -4.44. The molecule has 10 heteroatoms. The summed E-state index contributed by atoms with van der Waals surface area (Å²) in [6.07, 6.45) is 7.52. The van der Waals surface area contributed by atoms with Crippen LogP contribution in [0.3, 0.4) is 0 Å². The zero-order valence-electron chi connectivity index (χ0n) is 21.2. The van der Waals surface area contributed by atoms with E-state index in [4.69, 9.17) is 4.74 Å². The minimum absolute atomic E-state index is 0.226. The fraction of sp³-hybridized carbons (Fsp3) is 0.286. The number of hydrogen-bond donors (Lipinski definition) is 3. The number of carbonyl (C=O) groups is 1. The standard InChI is InChI=1S/C28H30N8O2/c1-2-23-24(34-28(37)38-17-22-9-6-12-29-22)16-36-26(23)27(30-18-32-36)33-21-10-11-25-20(13-21)14-31-35(25)15-19-7-4-3-5-8-19/h3-5,7-8,10-11,13-14,16,18,22,29H,2,6,9,12,15,17H2,1H3,(H,34,37)(H,30,32,33)/t22-/m1/s1. The van der Waals surface area contributed by atoms with Gasteiger partial charge in [-0.2, -0.15) is 10.2 Å². The molecule has 1 fully saturated rings. The van der Waals surface area contributed by atoms with Crippen molar-refractivity contribution in [1.29, 1.82) is 0 Å². The van der Waals surface area contributed by atoms with Crippen molar-refractivity contribution in [3.63, 3.8) is 0 Å². The lowest BCUT2D eigenvalue weighted by molar-refractivity contribution is 0.151. The highest BCUT2D eigenvalue weighted by atomic mass is 16.5. The third-order valence-electron chi connectivity index (χ3n) is 6.93. The molecular formula is C28H30N8O2. The summed E-state index contributed by atoms with van der Waals surface area (Å²) in [6.45, 7) is 4.08. The van der Waals surface area contributed by atoms with Gasteiger partial charge in [-0.3, -0.25) is 10.00 Å². The Kier molecular flexibility index (Phi) is 6.62. The fourth-order valence-corrected chi connectivity index (χ4v) is 5.04. The van der Waals surface area contributed by atoms with Gasteiger partial charge in [0.1, 0.15) is 18.5 Å². The van der Waals surface area contributed by atoms with E-state index in [2.05, 4.69) is 55.4 Å². The number of nitrogens with zero attached hydrogens (tertiary/aromatic N) is 5. The highest BCUT2D eigenvalue weighted by Crippen LogP contribution is 2.30. The van der Waals surface area contributed by atoms with Gasteiger partial charge < -0.3 is 15.4 Å². The van der Waals surface area contributed by atoms with Crippen molar-refractivity contribution < 1.29 is 9.53 Å². The van der Waals surface area contributed by atoms with Crippen LogP contribution in [0.2, 0.25) is 0 Å². The Labute approximate surface area is 220 Å². The van der Waals surface area contributed by atoms with E-state index in [-0.39, 0.29) is 6.04 Å². The van der Waals surface area contributed by atoms with Crippen LogP contribution >= 0.6 is 0 Å². The quantitative estimate of drug-likeness (QED) is 0.277. The topological polar surface area (TPSA) is 110 Å². The fourth-order valence-electron chi connectivity index (χ4n) is 5.04. The van der Waals surface area contributed by atoms with Crippen LogP contribution in [-0.2, 0) is 17.7 Å². The summed E-state index contributed by atoms with van der Waals surface area (Å²) in [4.78, 5) is 17.0. The van der Waals surface area contributed by atoms with Crippen LogP contribution in [-0.4, -0.2) is 49.7 Å². The lowest BCUT2D eigenvalue weighted by atomic mass is 10.2. The van der Waals surface area contributed by atoms with Gasteiger partial charge in [-0.05, 0) is 49.6 Å². The average Bonchev–Trinajstić information content (AvgIpc) is 3.67. The molecule has 3 N–H and O–H groups in total. The van der Waals surface area contributed by atoms with Gasteiger partial charge in [0.15, 0.2) is 5.82 Å². The maximum atomic E-state index is 12.5. The maximum absolute atomic E-state index is 12.5. The minimum atomic E-state index is -0.468. The number of amides is 1. The Morgan fingerprint density at radius 2 is 2.08 bits per heavy atom. The molecular weight excluding hydrogens is 480 g/mol. The van der Waals surface area contributed by atoms with Gasteiger partial charge in [-0.15, -0.1) is 0 Å². The predicted molar refractivity (Wildman–Crippen MR) is 147 cm³/mol. The van der Waals surface area contributed by atoms with E-state index in [0.717, 1.165) is 47.1 Å². The Morgan fingerprint density at radius 3 is 2.89 bits per heavy atom. The number of aryl methyl sites for hydroxylation is 1. The molecule has 3 aromatic heterocycles. The maximum Gasteiger partial charge on any atom is 0.411 e. The number of fused-ring (bicyclic) bond motifs is 2. The molecule has 5 aromatic rings. The van der Waals surface area contributed by atoms with Crippen LogP contribution in [0.5, 0.6) is 0 Å². The normalized spacial score (nSPS) is 15.2. The SMILES string of the molecule is CCc1c(NC(=O)OC[C@H]2CCCN2)cn2ncnc(Nc3ccc4c(cnn4Cc4ccccc4)c3)c12. The molecule has 10 nitrogen and oxygen atoms in total. The summed E-state index contributed by atoms with van der Waals surface area (Å²) < 4.78 is 9.18. The number of nitrogens with one attached hydrogen (secondary N) is 3. The van der Waals surface area contributed by atoms with E-state index >= 15 is 0 Å². The number of aromatic nitrogens is 5. The van der Waals surface area contributed by atoms with Crippen molar-refractivity contribution in [2.24, 2.45) is 0 Å². The second-order valence-electron chi connectivity index (χ2n) is 9.48. The molecule has 1 aliphatic rings. The highest BCUT2D eigenvalue weighted by Gasteiger charge is 2.19. The van der Waals surface area contributed by atoms with Crippen LogP contribution in [0.25, 0.3) is 16.4 Å². The van der Waals surface area contributed by atoms with E-state index in [9.17, 15) is 4.79 Å². The zero-order valence-corrected chi connectivity index (χ0v) is 21.2. The molecule has 194 valence electrons. The molecule has 1 atom stereocenters. The van der Waals surface area contributed by atoms with Crippen LogP contribution in [0.4, 0.5) is 22.0 Å². The van der Waals surface area contributed by atoms with E-state index in [1.165, 1.54) is 11.9 Å². The molecule has 0 bridgehead atoms. The van der Waals surface area contributed by atoms with Crippen molar-refractivity contribution in [2.45, 2.75) is 38.8 Å². The van der Waals surface area contributed by atoms with Gasteiger partial charge in [0.05, 0.1) is 30.1 Å². The van der Waals surface area contributed by atoms with E-state index in [1.807, 2.05) is 42.1 Å². The molecule has 4 heterocycles. The molecule has 0 saturated carbocycles. The van der Waals surface area contributed by atoms with E-state index < -0.39 is 6.09 Å². The highest BCUT2D eigenvalue weighted by molar-refractivity contribution is 5.91. The molecule has 1 aliphatic heterocycles. The first-order chi connectivity index (χ1) is 18.7. The molecule has 2 aromatic carbocycles. The van der Waals surface area contributed by atoms with Crippen molar-refractivity contribution in [3.8, 4) is 0 Å². The van der Waals surface area contributed by atoms with Crippen LogP contribution in [0, 0.1) is 0 Å². The predicted octanol–water partition coefficient (Wildman–Crippen LogP) is 4.73. The average molecular weight is 511 g/mol. The molecule has 0 radical (unpaired) electrons. The number of hydrogen-bond acceptors (Lipinski definition) is 7. The Morgan fingerprint density at radius 1 is 1.18 bits per heavy atom. The van der Waals surface area contributed by atoms with Gasteiger partial charge in [-0.1, -0.05) is 37.3 Å². The summed E-state index contributed by atoms with van der Waals surface area (Å²) in [5.41, 5.74) is 5.55. The minimum Gasteiger partial charge on any atom is -0.448 e. The smallest absolute Gasteiger partial charge is 0.411 e. The first-order valence-electron chi connectivity index (χ1n) is 13.0. The van der Waals surface area contributed by atoms with Gasteiger partial charge in [0.25, 0.3) is 0 Å². The zero-order chi connectivity index (χ0) is 25.9. The number of benzene rings is 2. The molecule has 0 spiro atoms. The summed E-state index contributed by atoms with van der Waals surface area (Å²) in [5.74, 6) is 0.657. The van der Waals surface area contributed by atoms with Crippen molar-refractivity contribution in [3.05, 3.63) is 78.4 Å². The summed E-state index contributed by atoms with van der Waals surface area (Å²) in [5, 5.41) is 19.7. The van der Waals surface area contributed by atoms with Crippen molar-refractivity contribution >= 4 is 39.7 Å². The first-order valence-corrected chi connectivity index (χ1v) is 13.0. The third-order valence-corrected chi connectivity index (χ3v) is 6.93. The third kappa shape index (κ3) is 4.90. The summed E-state index contributed by atoms with van der Waals surface area (Å²) in [7, 11) is 0. The van der Waals surface area contributed by atoms with E-state index in [1.54, 1.807) is 10.7 Å². The second kappa shape index (κ2) is 10.5. The Balaban J connectivity index is 1.22. The second-order valence-corrected chi connectivity index (χ2v) is 9.48. The molecule has 1 amide bonds. The van der Waals surface area contributed by atoms with E-state index in [0.29, 0.717) is 31.1 Å². The monoisotopic (exact) mass is 510 g/mol. The first kappa shape index (κ1) is 23.9. The summed E-state index contributed by atoms with van der Waals surface area (Å²) >= 11 is 0. The lowest BCUT2D eigenvalue weighted by Gasteiger charge is -2.12. The van der Waals surface area contributed by atoms with Crippen molar-refractivity contribution in [1.82, 2.24) is 29.7 Å². The molecule has 1 saturated heterocycles. The molecule has 6 rings (SSSR count). The van der Waals surface area contributed by atoms with Gasteiger partial charge >= 0.3 is 6.09 Å². The molecule has 0 aliphatic carbocycles. The number of anilines is 3.